The molecule has 0 radical (unpaired) electrons. The van der Waals surface area contributed by atoms with Gasteiger partial charge in [-0.3, -0.25) is 4.99 Å². The van der Waals surface area contributed by atoms with Gasteiger partial charge in [-0.2, -0.15) is 0 Å². The lowest BCUT2D eigenvalue weighted by atomic mass is 10.0. The van der Waals surface area contributed by atoms with Crippen LogP contribution in [0.25, 0.3) is 0 Å². The maximum absolute atomic E-state index is 10.2. The van der Waals surface area contributed by atoms with Crippen LogP contribution in [0.3, 0.4) is 0 Å². The number of hydrogen-bond donors (Lipinski definition) is 1. The molecule has 1 aliphatic rings. The summed E-state index contributed by atoms with van der Waals surface area (Å²) >= 11 is 0. The van der Waals surface area contributed by atoms with Gasteiger partial charge in [0.15, 0.2) is 0 Å². The van der Waals surface area contributed by atoms with E-state index in [9.17, 15) is 4.79 Å². The third-order valence-electron chi connectivity index (χ3n) is 1.61. The van der Waals surface area contributed by atoms with Crippen molar-refractivity contribution in [3.05, 3.63) is 23.9 Å². The molecule has 64 valence electrons. The lowest BCUT2D eigenvalue weighted by molar-refractivity contribution is -0.131. The summed E-state index contributed by atoms with van der Waals surface area (Å²) in [6, 6.07) is 0. The smallest absolute Gasteiger partial charge is 0.327 e. The monoisotopic (exact) mass is 165 g/mol. The number of aliphatic imine (C=N–C) groups is 1. The van der Waals surface area contributed by atoms with E-state index in [2.05, 4.69) is 4.99 Å². The van der Waals surface area contributed by atoms with Crippen molar-refractivity contribution in [3.8, 4) is 0 Å². The average Bonchev–Trinajstić information content (AvgIpc) is 2.01. The van der Waals surface area contributed by atoms with Crippen LogP contribution in [0.2, 0.25) is 0 Å². The standard InChI is InChI=1S/C9H11NO2/c1-7-6-8(4-5-10-7)2-3-9(11)12/h2-3,5-6,8H,4H2,1H3,(H,11,12)/b3-2+. The van der Waals surface area contributed by atoms with Gasteiger partial charge in [0.1, 0.15) is 0 Å². The molecule has 1 rings (SSSR count). The van der Waals surface area contributed by atoms with Gasteiger partial charge in [0.25, 0.3) is 0 Å². The summed E-state index contributed by atoms with van der Waals surface area (Å²) in [6.45, 7) is 1.90. The lowest BCUT2D eigenvalue weighted by Crippen LogP contribution is -2.00. The Balaban J connectivity index is 2.56. The molecule has 0 aromatic heterocycles. The number of carboxylic acid groups (broad SMARTS) is 1. The topological polar surface area (TPSA) is 49.7 Å². The second-order valence-electron chi connectivity index (χ2n) is 2.72. The largest absolute Gasteiger partial charge is 0.478 e. The second kappa shape index (κ2) is 3.85. The molecule has 1 aliphatic heterocycles. The van der Waals surface area contributed by atoms with Gasteiger partial charge in [-0.15, -0.1) is 0 Å². The minimum atomic E-state index is -0.899. The minimum Gasteiger partial charge on any atom is -0.478 e. The number of nitrogens with zero attached hydrogens (tertiary/aromatic N) is 1. The number of aliphatic carboxylic acids is 1. The molecule has 1 N–H and O–H groups in total. The molecule has 1 unspecified atom stereocenters. The molecule has 0 aromatic carbocycles. The van der Waals surface area contributed by atoms with E-state index >= 15 is 0 Å². The van der Waals surface area contributed by atoms with Crippen molar-refractivity contribution in [2.24, 2.45) is 10.9 Å². The van der Waals surface area contributed by atoms with Crippen LogP contribution in [0.1, 0.15) is 13.3 Å². The van der Waals surface area contributed by atoms with E-state index in [0.717, 1.165) is 12.1 Å². The first-order chi connectivity index (χ1) is 5.68. The van der Waals surface area contributed by atoms with Gasteiger partial charge in [-0.1, -0.05) is 12.2 Å². The van der Waals surface area contributed by atoms with Crippen LogP contribution in [-0.4, -0.2) is 17.3 Å². The van der Waals surface area contributed by atoms with Crippen LogP contribution in [0.4, 0.5) is 0 Å². The molecular formula is C9H11NO2. The third-order valence-corrected chi connectivity index (χ3v) is 1.61. The fourth-order valence-electron chi connectivity index (χ4n) is 1.08. The van der Waals surface area contributed by atoms with Crippen molar-refractivity contribution < 1.29 is 9.90 Å². The van der Waals surface area contributed by atoms with Crippen molar-refractivity contribution in [2.75, 3.05) is 0 Å². The highest BCUT2D eigenvalue weighted by atomic mass is 16.4. The second-order valence-corrected chi connectivity index (χ2v) is 2.72. The minimum absolute atomic E-state index is 0.193. The Morgan fingerprint density at radius 1 is 1.83 bits per heavy atom. The SMILES string of the molecule is CC1=CC(/C=C/C(=O)O)CC=N1. The zero-order chi connectivity index (χ0) is 8.97. The molecule has 0 bridgehead atoms. The van der Waals surface area contributed by atoms with Crippen LogP contribution < -0.4 is 0 Å². The molecule has 1 atom stereocenters. The summed E-state index contributed by atoms with van der Waals surface area (Å²) in [6.07, 6.45) is 7.41. The molecule has 3 heteroatoms. The van der Waals surface area contributed by atoms with E-state index in [1.54, 1.807) is 6.08 Å². The van der Waals surface area contributed by atoms with Gasteiger partial charge >= 0.3 is 5.97 Å². The first-order valence-corrected chi connectivity index (χ1v) is 3.80. The number of carboxylic acids is 1. The van der Waals surface area contributed by atoms with Crippen molar-refractivity contribution >= 4 is 12.2 Å². The normalized spacial score (nSPS) is 22.8. The van der Waals surface area contributed by atoms with Gasteiger partial charge in [0, 0.05) is 23.9 Å². The number of rotatable bonds is 2. The van der Waals surface area contributed by atoms with Crippen LogP contribution in [0, 0.1) is 5.92 Å². The first-order valence-electron chi connectivity index (χ1n) is 3.80. The van der Waals surface area contributed by atoms with Crippen LogP contribution in [0.5, 0.6) is 0 Å². The van der Waals surface area contributed by atoms with Crippen molar-refractivity contribution in [1.29, 1.82) is 0 Å². The van der Waals surface area contributed by atoms with Gasteiger partial charge in [-0.25, -0.2) is 4.79 Å². The number of allylic oxidation sites excluding steroid dienone is 3. The zero-order valence-corrected chi connectivity index (χ0v) is 6.90. The summed E-state index contributed by atoms with van der Waals surface area (Å²) in [4.78, 5) is 14.2. The van der Waals surface area contributed by atoms with Gasteiger partial charge in [0.2, 0.25) is 0 Å². The number of carbonyl (C=O) groups is 1. The summed E-state index contributed by atoms with van der Waals surface area (Å²) in [5, 5.41) is 8.37. The first kappa shape index (κ1) is 8.71. The Labute approximate surface area is 71.1 Å². The van der Waals surface area contributed by atoms with Crippen LogP contribution in [0.15, 0.2) is 28.9 Å². The Hall–Kier alpha value is -1.38. The van der Waals surface area contributed by atoms with Crippen LogP contribution in [-0.2, 0) is 4.79 Å². The highest BCUT2D eigenvalue weighted by Crippen LogP contribution is 2.14. The Morgan fingerprint density at radius 3 is 3.17 bits per heavy atom. The summed E-state index contributed by atoms with van der Waals surface area (Å²) in [5.41, 5.74) is 0.946. The Kier molecular flexibility index (Phi) is 2.80. The van der Waals surface area contributed by atoms with E-state index in [1.807, 2.05) is 19.2 Å². The number of hydrogen-bond acceptors (Lipinski definition) is 2. The predicted molar refractivity (Wildman–Crippen MR) is 47.1 cm³/mol. The molecule has 0 saturated carbocycles. The predicted octanol–water partition coefficient (Wildman–Crippen LogP) is 1.62. The maximum atomic E-state index is 10.2. The molecule has 3 nitrogen and oxygen atoms in total. The van der Waals surface area contributed by atoms with Gasteiger partial charge < -0.3 is 5.11 Å². The Bertz CT molecular complexity index is 264. The van der Waals surface area contributed by atoms with Gasteiger partial charge in [0.05, 0.1) is 0 Å². The summed E-state index contributed by atoms with van der Waals surface area (Å²) < 4.78 is 0. The van der Waals surface area contributed by atoms with E-state index in [0.29, 0.717) is 0 Å². The molecule has 12 heavy (non-hydrogen) atoms. The van der Waals surface area contributed by atoms with Crippen molar-refractivity contribution in [1.82, 2.24) is 0 Å². The maximum Gasteiger partial charge on any atom is 0.327 e. The molecule has 0 saturated heterocycles. The quantitative estimate of drug-likeness (QED) is 0.632. The molecule has 0 amide bonds. The molecule has 0 aliphatic carbocycles. The lowest BCUT2D eigenvalue weighted by Gasteiger charge is -2.08. The molecule has 0 fully saturated rings. The molecule has 0 aromatic rings. The van der Waals surface area contributed by atoms with E-state index < -0.39 is 5.97 Å². The molecular weight excluding hydrogens is 154 g/mol. The van der Waals surface area contributed by atoms with Crippen molar-refractivity contribution in [2.45, 2.75) is 13.3 Å². The third kappa shape index (κ3) is 2.70. The van der Waals surface area contributed by atoms with E-state index in [1.165, 1.54) is 6.08 Å². The zero-order valence-electron chi connectivity index (χ0n) is 6.90. The van der Waals surface area contributed by atoms with E-state index in [4.69, 9.17) is 5.11 Å². The van der Waals surface area contributed by atoms with Gasteiger partial charge in [-0.05, 0) is 13.3 Å². The summed E-state index contributed by atoms with van der Waals surface area (Å²) in [7, 11) is 0. The van der Waals surface area contributed by atoms with Crippen LogP contribution >= 0.6 is 0 Å². The fourth-order valence-corrected chi connectivity index (χ4v) is 1.08. The molecule has 1 heterocycles. The highest BCUT2D eigenvalue weighted by molar-refractivity contribution is 5.80. The fraction of sp³-hybridized carbons (Fsp3) is 0.333. The van der Waals surface area contributed by atoms with Crippen molar-refractivity contribution in [3.63, 3.8) is 0 Å². The summed E-state index contributed by atoms with van der Waals surface area (Å²) in [5.74, 6) is -0.706. The Morgan fingerprint density at radius 2 is 2.58 bits per heavy atom. The van der Waals surface area contributed by atoms with E-state index in [-0.39, 0.29) is 5.92 Å². The molecule has 0 spiro atoms. The average molecular weight is 165 g/mol. The highest BCUT2D eigenvalue weighted by Gasteiger charge is 2.04.